The zero-order valence-corrected chi connectivity index (χ0v) is 19.4. The molecule has 0 aromatic rings. The van der Waals surface area contributed by atoms with Gasteiger partial charge in [0.1, 0.15) is 0 Å². The van der Waals surface area contributed by atoms with Gasteiger partial charge in [-0.25, -0.2) is 0 Å². The normalized spacial score (nSPS) is 55.7. The molecule has 2 N–H and O–H groups in total. The summed E-state index contributed by atoms with van der Waals surface area (Å²) in [7, 11) is 0. The molecule has 1 heterocycles. The first-order valence-corrected chi connectivity index (χ1v) is 12.7. The third-order valence-electron chi connectivity index (χ3n) is 11.5. The van der Waals surface area contributed by atoms with Crippen LogP contribution in [0.3, 0.4) is 0 Å². The quantitative estimate of drug-likeness (QED) is 0.645. The van der Waals surface area contributed by atoms with Gasteiger partial charge in [-0.2, -0.15) is 0 Å². The zero-order valence-electron chi connectivity index (χ0n) is 19.4. The Hall–Kier alpha value is -0.610. The molecule has 4 saturated carbocycles. The van der Waals surface area contributed by atoms with E-state index in [0.717, 1.165) is 43.4 Å². The summed E-state index contributed by atoms with van der Waals surface area (Å²) in [6, 6.07) is 0. The number of aliphatic hydroxyl groups excluding tert-OH is 1. The van der Waals surface area contributed by atoms with Crippen LogP contribution in [-0.4, -0.2) is 34.5 Å². The minimum atomic E-state index is -0.811. The molecule has 5 fully saturated rings. The number of carbonyl (C=O) groups excluding carboxylic acids is 1. The van der Waals surface area contributed by atoms with Gasteiger partial charge in [0.25, 0.3) is 0 Å². The SMILES string of the molecule is CC(C)C1CC[C@@]2(C)[C@H](CC[C@@H]3[C@@H]2C[C@@H](O)[C@]2(C)[C@@H](C4COC(=O)C4)CC[C@]32O)C1. The molecule has 4 aliphatic carbocycles. The average Bonchev–Trinajstić information content (AvgIpc) is 3.23. The van der Waals surface area contributed by atoms with E-state index in [2.05, 4.69) is 27.7 Å². The number of hydrogen-bond donors (Lipinski definition) is 2. The van der Waals surface area contributed by atoms with E-state index in [4.69, 9.17) is 4.74 Å². The van der Waals surface area contributed by atoms with Crippen LogP contribution in [0, 0.1) is 52.3 Å². The summed E-state index contributed by atoms with van der Waals surface area (Å²) in [5.74, 6) is 3.22. The largest absolute Gasteiger partial charge is 0.465 e. The lowest BCUT2D eigenvalue weighted by Crippen LogP contribution is -2.67. The van der Waals surface area contributed by atoms with Crippen LogP contribution in [0.4, 0.5) is 0 Å². The second kappa shape index (κ2) is 6.94. The number of carbonyl (C=O) groups is 1. The third-order valence-corrected chi connectivity index (χ3v) is 11.5. The standard InChI is InChI=1S/C26H42O4/c1-15(2)16-7-9-24(3)18(11-16)5-6-20-21(24)13-22(27)25(4)19(8-10-26(20,25)29)17-12-23(28)30-14-17/h15-22,27,29H,5-14H2,1-4H3/t16?,17?,18-,19-,20-,21+,22-,24+,25+,26+/m1/s1. The number of fused-ring (bicyclic) bond motifs is 5. The number of aliphatic hydroxyl groups is 2. The van der Waals surface area contributed by atoms with Crippen LogP contribution < -0.4 is 0 Å². The van der Waals surface area contributed by atoms with Gasteiger partial charge in [-0.1, -0.05) is 27.7 Å². The molecular formula is C26H42O4. The molecule has 0 radical (unpaired) electrons. The Balaban J connectivity index is 1.45. The van der Waals surface area contributed by atoms with Gasteiger partial charge in [-0.15, -0.1) is 0 Å². The number of esters is 1. The Morgan fingerprint density at radius 1 is 1.00 bits per heavy atom. The molecular weight excluding hydrogens is 376 g/mol. The Bertz CT molecular complexity index is 705. The predicted molar refractivity (Wildman–Crippen MR) is 115 cm³/mol. The summed E-state index contributed by atoms with van der Waals surface area (Å²) in [6.07, 6.45) is 8.65. The highest BCUT2D eigenvalue weighted by molar-refractivity contribution is 5.71. The lowest BCUT2D eigenvalue weighted by atomic mass is 9.41. The second-order valence-electron chi connectivity index (χ2n) is 12.5. The third kappa shape index (κ3) is 2.68. The predicted octanol–water partition coefficient (Wildman–Crippen LogP) is 4.57. The van der Waals surface area contributed by atoms with E-state index < -0.39 is 17.1 Å². The van der Waals surface area contributed by atoms with Crippen molar-refractivity contribution < 1.29 is 19.7 Å². The summed E-state index contributed by atoms with van der Waals surface area (Å²) in [5.41, 5.74) is -1.09. The molecule has 0 spiro atoms. The van der Waals surface area contributed by atoms with Crippen LogP contribution in [0.5, 0.6) is 0 Å². The maximum absolute atomic E-state index is 12.3. The van der Waals surface area contributed by atoms with E-state index in [9.17, 15) is 15.0 Å². The highest BCUT2D eigenvalue weighted by Crippen LogP contribution is 2.70. The van der Waals surface area contributed by atoms with Crippen molar-refractivity contribution in [2.75, 3.05) is 6.61 Å². The minimum Gasteiger partial charge on any atom is -0.465 e. The molecule has 0 aromatic heterocycles. The van der Waals surface area contributed by atoms with Gasteiger partial charge in [0.2, 0.25) is 0 Å². The molecule has 1 saturated heterocycles. The molecule has 5 aliphatic rings. The van der Waals surface area contributed by atoms with Crippen LogP contribution in [0.15, 0.2) is 0 Å². The second-order valence-corrected chi connectivity index (χ2v) is 12.5. The number of rotatable bonds is 2. The summed E-state index contributed by atoms with van der Waals surface area (Å²) >= 11 is 0. The summed E-state index contributed by atoms with van der Waals surface area (Å²) < 4.78 is 5.29. The molecule has 30 heavy (non-hydrogen) atoms. The van der Waals surface area contributed by atoms with Gasteiger partial charge < -0.3 is 14.9 Å². The maximum atomic E-state index is 12.3. The van der Waals surface area contributed by atoms with E-state index >= 15 is 0 Å². The molecule has 0 amide bonds. The smallest absolute Gasteiger partial charge is 0.306 e. The van der Waals surface area contributed by atoms with E-state index in [1.165, 1.54) is 25.7 Å². The van der Waals surface area contributed by atoms with Gasteiger partial charge in [-0.05, 0) is 92.3 Å². The van der Waals surface area contributed by atoms with E-state index in [1.807, 2.05) is 0 Å². The van der Waals surface area contributed by atoms with Crippen LogP contribution in [0.1, 0.15) is 85.5 Å². The highest BCUT2D eigenvalue weighted by Gasteiger charge is 2.71. The van der Waals surface area contributed by atoms with Gasteiger partial charge >= 0.3 is 5.97 Å². The molecule has 0 bridgehead atoms. The Kier molecular flexibility index (Phi) is 4.92. The van der Waals surface area contributed by atoms with Crippen LogP contribution in [0.25, 0.3) is 0 Å². The Labute approximate surface area is 182 Å². The number of cyclic esters (lactones) is 1. The summed E-state index contributed by atoms with van der Waals surface area (Å²) in [5, 5.41) is 23.9. The number of ether oxygens (including phenoxy) is 1. The van der Waals surface area contributed by atoms with Crippen molar-refractivity contribution in [1.82, 2.24) is 0 Å². The average molecular weight is 419 g/mol. The van der Waals surface area contributed by atoms with Crippen LogP contribution >= 0.6 is 0 Å². The van der Waals surface area contributed by atoms with Crippen molar-refractivity contribution in [3.8, 4) is 0 Å². The zero-order chi connectivity index (χ0) is 21.5. The fourth-order valence-corrected chi connectivity index (χ4v) is 9.43. The first-order valence-electron chi connectivity index (χ1n) is 12.7. The summed E-state index contributed by atoms with van der Waals surface area (Å²) in [4.78, 5) is 11.8. The van der Waals surface area contributed by atoms with Gasteiger partial charge in [0.05, 0.1) is 24.7 Å². The molecule has 0 aromatic carbocycles. The molecule has 1 aliphatic heterocycles. The number of hydrogen-bond acceptors (Lipinski definition) is 4. The van der Waals surface area contributed by atoms with Crippen LogP contribution in [-0.2, 0) is 9.53 Å². The van der Waals surface area contributed by atoms with E-state index in [1.54, 1.807) is 0 Å². The van der Waals surface area contributed by atoms with Gasteiger partial charge in [0.15, 0.2) is 0 Å². The fraction of sp³-hybridized carbons (Fsp3) is 0.962. The van der Waals surface area contributed by atoms with Gasteiger partial charge in [-0.3, -0.25) is 4.79 Å². The minimum absolute atomic E-state index is 0.114. The first kappa shape index (κ1) is 21.2. The Morgan fingerprint density at radius 3 is 2.43 bits per heavy atom. The maximum Gasteiger partial charge on any atom is 0.306 e. The van der Waals surface area contributed by atoms with Crippen molar-refractivity contribution in [3.63, 3.8) is 0 Å². The lowest BCUT2D eigenvalue weighted by molar-refractivity contribution is -0.250. The van der Waals surface area contributed by atoms with Crippen molar-refractivity contribution >= 4 is 5.97 Å². The van der Waals surface area contributed by atoms with E-state index in [-0.39, 0.29) is 29.1 Å². The molecule has 2 unspecified atom stereocenters. The van der Waals surface area contributed by atoms with Crippen molar-refractivity contribution in [2.24, 2.45) is 52.3 Å². The van der Waals surface area contributed by atoms with Crippen molar-refractivity contribution in [1.29, 1.82) is 0 Å². The molecule has 170 valence electrons. The first-order chi connectivity index (χ1) is 14.1. The molecule has 10 atom stereocenters. The summed E-state index contributed by atoms with van der Waals surface area (Å²) in [6.45, 7) is 9.83. The molecule has 5 rings (SSSR count). The fourth-order valence-electron chi connectivity index (χ4n) is 9.43. The van der Waals surface area contributed by atoms with Crippen LogP contribution in [0.2, 0.25) is 0 Å². The highest BCUT2D eigenvalue weighted by atomic mass is 16.5. The lowest BCUT2D eigenvalue weighted by Gasteiger charge is -2.65. The molecule has 4 heteroatoms. The van der Waals surface area contributed by atoms with E-state index in [0.29, 0.717) is 18.9 Å². The van der Waals surface area contributed by atoms with Crippen molar-refractivity contribution in [3.05, 3.63) is 0 Å². The monoisotopic (exact) mass is 418 g/mol. The molecule has 4 nitrogen and oxygen atoms in total. The topological polar surface area (TPSA) is 66.8 Å². The Morgan fingerprint density at radius 2 is 1.77 bits per heavy atom. The van der Waals surface area contributed by atoms with Crippen molar-refractivity contribution in [2.45, 2.75) is 97.2 Å². The van der Waals surface area contributed by atoms with Gasteiger partial charge in [0, 0.05) is 11.3 Å².